The standard InChI is InChI=1S/C10H10Br2Cl2/c11-3-7-1-2-8(5-13)10(6-14)9(7)4-12/h1-2H,3-6H2. The monoisotopic (exact) mass is 358 g/mol. The Morgan fingerprint density at radius 1 is 0.857 bits per heavy atom. The van der Waals surface area contributed by atoms with Crippen molar-refractivity contribution in [1.29, 1.82) is 0 Å². The fraction of sp³-hybridized carbons (Fsp3) is 0.400. The van der Waals surface area contributed by atoms with Crippen molar-refractivity contribution in [3.05, 3.63) is 34.4 Å². The van der Waals surface area contributed by atoms with Crippen LogP contribution in [0, 0.1) is 0 Å². The number of hydrogen-bond donors (Lipinski definition) is 0. The second-order valence-corrected chi connectivity index (χ2v) is 4.53. The first-order chi connectivity index (χ1) is 6.78. The van der Waals surface area contributed by atoms with Crippen molar-refractivity contribution in [1.82, 2.24) is 0 Å². The largest absolute Gasteiger partial charge is 0.122 e. The van der Waals surface area contributed by atoms with Crippen LogP contribution >= 0.6 is 55.1 Å². The summed E-state index contributed by atoms with van der Waals surface area (Å²) in [5.74, 6) is 1.04. The van der Waals surface area contributed by atoms with Crippen LogP contribution in [0.1, 0.15) is 22.3 Å². The van der Waals surface area contributed by atoms with Crippen LogP contribution in [-0.4, -0.2) is 0 Å². The molecular formula is C10H10Br2Cl2. The quantitative estimate of drug-likeness (QED) is 0.666. The van der Waals surface area contributed by atoms with Crippen LogP contribution in [0.4, 0.5) is 0 Å². The molecule has 1 rings (SSSR count). The fourth-order valence-corrected chi connectivity index (χ4v) is 3.18. The summed E-state index contributed by atoms with van der Waals surface area (Å²) in [5.41, 5.74) is 4.82. The van der Waals surface area contributed by atoms with E-state index in [1.165, 1.54) is 11.1 Å². The maximum atomic E-state index is 5.93. The molecule has 1 aromatic carbocycles. The van der Waals surface area contributed by atoms with Gasteiger partial charge in [-0.15, -0.1) is 23.2 Å². The first kappa shape index (κ1) is 12.8. The molecule has 0 spiro atoms. The van der Waals surface area contributed by atoms with Gasteiger partial charge in [0.1, 0.15) is 0 Å². The predicted molar refractivity (Wildman–Crippen MR) is 70.8 cm³/mol. The molecule has 4 heteroatoms. The van der Waals surface area contributed by atoms with Gasteiger partial charge in [-0.3, -0.25) is 0 Å². The molecule has 0 aliphatic rings. The van der Waals surface area contributed by atoms with Crippen LogP contribution in [0.2, 0.25) is 0 Å². The van der Waals surface area contributed by atoms with Crippen LogP contribution in [-0.2, 0) is 22.4 Å². The summed E-state index contributed by atoms with van der Waals surface area (Å²) in [6.07, 6.45) is 0. The van der Waals surface area contributed by atoms with Gasteiger partial charge in [0.05, 0.1) is 0 Å². The van der Waals surface area contributed by atoms with E-state index >= 15 is 0 Å². The molecule has 0 unspecified atom stereocenters. The van der Waals surface area contributed by atoms with E-state index in [0.717, 1.165) is 21.8 Å². The smallest absolute Gasteiger partial charge is 0.0480 e. The Bertz CT molecular complexity index is 282. The minimum Gasteiger partial charge on any atom is -0.122 e. The molecule has 0 N–H and O–H groups in total. The Balaban J connectivity index is 3.28. The zero-order valence-electron chi connectivity index (χ0n) is 7.49. The number of alkyl halides is 4. The summed E-state index contributed by atoms with van der Waals surface area (Å²) in [5, 5.41) is 1.67. The lowest BCUT2D eigenvalue weighted by Crippen LogP contribution is -1.99. The summed E-state index contributed by atoms with van der Waals surface area (Å²) in [6, 6.07) is 4.15. The number of benzene rings is 1. The van der Waals surface area contributed by atoms with E-state index in [2.05, 4.69) is 37.9 Å². The van der Waals surface area contributed by atoms with Gasteiger partial charge >= 0.3 is 0 Å². The molecule has 0 atom stereocenters. The van der Waals surface area contributed by atoms with Gasteiger partial charge in [0, 0.05) is 22.4 Å². The minimum absolute atomic E-state index is 0.518. The molecule has 0 amide bonds. The van der Waals surface area contributed by atoms with E-state index in [0.29, 0.717) is 11.8 Å². The molecule has 0 fully saturated rings. The fourth-order valence-electron chi connectivity index (χ4n) is 1.37. The number of rotatable bonds is 4. The van der Waals surface area contributed by atoms with Gasteiger partial charge in [0.2, 0.25) is 0 Å². The molecule has 0 saturated carbocycles. The lowest BCUT2D eigenvalue weighted by Gasteiger charge is -2.13. The normalized spacial score (nSPS) is 10.6. The Morgan fingerprint density at radius 3 is 1.93 bits per heavy atom. The zero-order valence-corrected chi connectivity index (χ0v) is 12.2. The highest BCUT2D eigenvalue weighted by Gasteiger charge is 2.10. The number of halogens is 4. The van der Waals surface area contributed by atoms with Crippen LogP contribution < -0.4 is 0 Å². The highest BCUT2D eigenvalue weighted by molar-refractivity contribution is 9.09. The molecule has 0 nitrogen and oxygen atoms in total. The van der Waals surface area contributed by atoms with Crippen LogP contribution in [0.3, 0.4) is 0 Å². The van der Waals surface area contributed by atoms with Gasteiger partial charge in [-0.05, 0) is 22.3 Å². The topological polar surface area (TPSA) is 0 Å². The van der Waals surface area contributed by atoms with Gasteiger partial charge in [-0.2, -0.15) is 0 Å². The second-order valence-electron chi connectivity index (χ2n) is 2.88. The Labute approximate surface area is 111 Å². The SMILES string of the molecule is ClCc1ccc(CBr)c(CBr)c1CCl. The van der Waals surface area contributed by atoms with Gasteiger partial charge < -0.3 is 0 Å². The van der Waals surface area contributed by atoms with E-state index < -0.39 is 0 Å². The molecule has 78 valence electrons. The van der Waals surface area contributed by atoms with Crippen molar-refractivity contribution < 1.29 is 0 Å². The van der Waals surface area contributed by atoms with Crippen molar-refractivity contribution in [2.24, 2.45) is 0 Å². The third-order valence-corrected chi connectivity index (χ3v) is 3.90. The Kier molecular flexibility index (Phi) is 5.83. The third-order valence-electron chi connectivity index (χ3n) is 2.18. The highest BCUT2D eigenvalue weighted by Crippen LogP contribution is 2.26. The molecule has 0 saturated heterocycles. The van der Waals surface area contributed by atoms with E-state index in [9.17, 15) is 0 Å². The summed E-state index contributed by atoms with van der Waals surface area (Å²) < 4.78 is 0. The summed E-state index contributed by atoms with van der Waals surface area (Å²) in [6.45, 7) is 0. The molecule has 1 aromatic rings. The molecule has 0 bridgehead atoms. The number of hydrogen-bond acceptors (Lipinski definition) is 0. The lowest BCUT2D eigenvalue weighted by atomic mass is 10.00. The van der Waals surface area contributed by atoms with Crippen LogP contribution in [0.25, 0.3) is 0 Å². The van der Waals surface area contributed by atoms with Crippen molar-refractivity contribution in [3.63, 3.8) is 0 Å². The first-order valence-electron chi connectivity index (χ1n) is 4.14. The van der Waals surface area contributed by atoms with Crippen molar-refractivity contribution in [2.75, 3.05) is 0 Å². The second kappa shape index (κ2) is 6.37. The van der Waals surface area contributed by atoms with E-state index in [-0.39, 0.29) is 0 Å². The van der Waals surface area contributed by atoms with Gasteiger partial charge in [0.25, 0.3) is 0 Å². The van der Waals surface area contributed by atoms with Gasteiger partial charge in [0.15, 0.2) is 0 Å². The molecule has 0 aliphatic carbocycles. The minimum atomic E-state index is 0.518. The third kappa shape index (κ3) is 2.66. The van der Waals surface area contributed by atoms with Gasteiger partial charge in [-0.1, -0.05) is 44.0 Å². The van der Waals surface area contributed by atoms with E-state index in [4.69, 9.17) is 23.2 Å². The molecule has 14 heavy (non-hydrogen) atoms. The molecule has 0 aliphatic heterocycles. The molecule has 0 radical (unpaired) electrons. The summed E-state index contributed by atoms with van der Waals surface area (Å²) in [4.78, 5) is 0. The summed E-state index contributed by atoms with van der Waals surface area (Å²) >= 11 is 18.7. The van der Waals surface area contributed by atoms with Crippen molar-refractivity contribution in [2.45, 2.75) is 22.4 Å². The van der Waals surface area contributed by atoms with Crippen molar-refractivity contribution >= 4 is 55.1 Å². The van der Waals surface area contributed by atoms with Crippen LogP contribution in [0.15, 0.2) is 12.1 Å². The van der Waals surface area contributed by atoms with Gasteiger partial charge in [-0.25, -0.2) is 0 Å². The zero-order chi connectivity index (χ0) is 10.6. The lowest BCUT2D eigenvalue weighted by molar-refractivity contribution is 1.16. The molecule has 0 heterocycles. The predicted octanol–water partition coefficient (Wildman–Crippen LogP) is 4.95. The Morgan fingerprint density at radius 2 is 1.50 bits per heavy atom. The summed E-state index contributed by atoms with van der Waals surface area (Å²) in [7, 11) is 0. The van der Waals surface area contributed by atoms with Crippen molar-refractivity contribution in [3.8, 4) is 0 Å². The van der Waals surface area contributed by atoms with E-state index in [1.807, 2.05) is 6.07 Å². The highest BCUT2D eigenvalue weighted by atomic mass is 79.9. The maximum Gasteiger partial charge on any atom is 0.0480 e. The molecule has 0 aromatic heterocycles. The maximum absolute atomic E-state index is 5.93. The Hall–Kier alpha value is 0.760. The first-order valence-corrected chi connectivity index (χ1v) is 7.46. The molecular weight excluding hydrogens is 351 g/mol. The van der Waals surface area contributed by atoms with Crippen LogP contribution in [0.5, 0.6) is 0 Å². The average molecular weight is 361 g/mol. The average Bonchev–Trinajstić information content (AvgIpc) is 2.26. The van der Waals surface area contributed by atoms with E-state index in [1.54, 1.807) is 0 Å².